The molecular formula is C35H33FNO10P. The highest BCUT2D eigenvalue weighted by atomic mass is 31.2. The number of carbonyl (C=O) groups excluding carboxylic acids is 1. The van der Waals surface area contributed by atoms with Crippen LogP contribution in [0.5, 0.6) is 5.75 Å². The van der Waals surface area contributed by atoms with Crippen molar-refractivity contribution in [3.05, 3.63) is 126 Å². The first-order chi connectivity index (χ1) is 22.9. The number of amides is 1. The Kier molecular flexibility index (Phi) is 9.39. The number of nitrogens with zero attached hydrogens (tertiary/aromatic N) is 1. The minimum atomic E-state index is -4.42. The van der Waals surface area contributed by atoms with E-state index in [4.69, 9.17) is 9.47 Å². The van der Waals surface area contributed by atoms with Crippen molar-refractivity contribution in [1.82, 2.24) is 0 Å². The van der Waals surface area contributed by atoms with E-state index in [2.05, 4.69) is 0 Å². The van der Waals surface area contributed by atoms with Crippen LogP contribution in [0.1, 0.15) is 36.1 Å². The van der Waals surface area contributed by atoms with Crippen LogP contribution in [0, 0.1) is 11.7 Å². The molecule has 0 aliphatic carbocycles. The number of aliphatic hydroxyl groups is 3. The van der Waals surface area contributed by atoms with Crippen molar-refractivity contribution in [2.75, 3.05) is 4.90 Å². The molecule has 13 heteroatoms. The first kappa shape index (κ1) is 33.4. The number of rotatable bonds is 10. The average Bonchev–Trinajstić information content (AvgIpc) is 3.07. The van der Waals surface area contributed by atoms with Crippen molar-refractivity contribution in [3.8, 4) is 16.9 Å². The number of β-lactam (4-membered cyclic amide) rings is 1. The average molecular weight is 678 g/mol. The van der Waals surface area contributed by atoms with E-state index < -0.39 is 55.7 Å². The van der Waals surface area contributed by atoms with Gasteiger partial charge in [0.1, 0.15) is 30.0 Å². The van der Waals surface area contributed by atoms with Crippen molar-refractivity contribution in [3.63, 3.8) is 0 Å². The van der Waals surface area contributed by atoms with Gasteiger partial charge < -0.3 is 44.6 Å². The molecule has 6 rings (SSSR count). The van der Waals surface area contributed by atoms with E-state index in [1.807, 2.05) is 6.07 Å². The number of hydrogen-bond donors (Lipinski definition) is 6. The van der Waals surface area contributed by atoms with Gasteiger partial charge in [0.05, 0.1) is 23.4 Å². The van der Waals surface area contributed by atoms with E-state index in [0.717, 1.165) is 6.26 Å². The Morgan fingerprint density at radius 3 is 2.21 bits per heavy atom. The fourth-order valence-electron chi connectivity index (χ4n) is 6.09. The second kappa shape index (κ2) is 13.5. The number of aromatic hydroxyl groups is 1. The van der Waals surface area contributed by atoms with Crippen LogP contribution in [0.3, 0.4) is 0 Å². The van der Waals surface area contributed by atoms with E-state index in [9.17, 15) is 44.0 Å². The zero-order valence-electron chi connectivity index (χ0n) is 25.3. The van der Waals surface area contributed by atoms with Crippen LogP contribution >= 0.6 is 7.60 Å². The van der Waals surface area contributed by atoms with Gasteiger partial charge in [-0.25, -0.2) is 4.39 Å². The lowest BCUT2D eigenvalue weighted by Gasteiger charge is -2.48. The molecule has 4 aromatic carbocycles. The number of phenols is 1. The molecule has 11 nitrogen and oxygen atoms in total. The lowest BCUT2D eigenvalue weighted by atomic mass is 9.77. The third kappa shape index (κ3) is 6.72. The molecule has 2 aliphatic rings. The predicted molar refractivity (Wildman–Crippen MR) is 172 cm³/mol. The minimum absolute atomic E-state index is 0.0827. The number of ether oxygens (including phenoxy) is 2. The van der Waals surface area contributed by atoms with Gasteiger partial charge in [0.2, 0.25) is 12.2 Å². The van der Waals surface area contributed by atoms with Crippen molar-refractivity contribution >= 4 is 24.5 Å². The van der Waals surface area contributed by atoms with Crippen molar-refractivity contribution in [1.29, 1.82) is 0 Å². The zero-order valence-corrected chi connectivity index (χ0v) is 26.2. The summed E-state index contributed by atoms with van der Waals surface area (Å²) in [4.78, 5) is 34.2. The molecule has 0 bridgehead atoms. The molecule has 6 atom stereocenters. The van der Waals surface area contributed by atoms with Crippen LogP contribution in [-0.4, -0.2) is 54.6 Å². The highest BCUT2D eigenvalue weighted by Gasteiger charge is 2.49. The van der Waals surface area contributed by atoms with Gasteiger partial charge in [0.15, 0.2) is 5.76 Å². The normalized spacial score (nSPS) is 23.2. The van der Waals surface area contributed by atoms with E-state index in [0.29, 0.717) is 27.9 Å². The van der Waals surface area contributed by atoms with Gasteiger partial charge in [0.25, 0.3) is 0 Å². The summed E-state index contributed by atoms with van der Waals surface area (Å²) in [6.07, 6.45) is -4.12. The van der Waals surface area contributed by atoms with Gasteiger partial charge in [-0.3, -0.25) is 9.36 Å². The van der Waals surface area contributed by atoms with Gasteiger partial charge in [0, 0.05) is 11.3 Å². The van der Waals surface area contributed by atoms with Crippen LogP contribution in [0.25, 0.3) is 11.1 Å². The standard InChI is InChI=1S/C35H33FNO10P/c36-23-11-6-21(7-12-23)30(47-35-33(41)32(40)29(39)19-46-35)17-16-27-31(37(34(27)42)24-4-2-1-3-5-24)26-15-10-22(18-28(26)38)20-8-13-25(14-9-20)48(43,44)45/h1-15,18-19,27,30-33,35,38-41H,16-17H2,(H2,43,44,45)/t27-,30+,31-,32?,33?,35+/m1/s1. The molecule has 2 unspecified atom stereocenters. The van der Waals surface area contributed by atoms with Crippen molar-refractivity contribution in [2.45, 2.75) is 43.5 Å². The predicted octanol–water partition coefficient (Wildman–Crippen LogP) is 4.72. The largest absolute Gasteiger partial charge is 0.508 e. The Bertz CT molecular complexity index is 1850. The molecule has 1 saturated heterocycles. The lowest BCUT2D eigenvalue weighted by molar-refractivity contribution is -0.227. The molecule has 6 N–H and O–H groups in total. The summed E-state index contributed by atoms with van der Waals surface area (Å²) in [7, 11) is -4.42. The fraction of sp³-hybridized carbons (Fsp3) is 0.229. The van der Waals surface area contributed by atoms with Crippen LogP contribution in [-0.2, 0) is 18.8 Å². The molecule has 0 radical (unpaired) electrons. The van der Waals surface area contributed by atoms with Gasteiger partial charge in [-0.05, 0) is 72.0 Å². The minimum Gasteiger partial charge on any atom is -0.508 e. The molecule has 1 amide bonds. The van der Waals surface area contributed by atoms with Crippen molar-refractivity contribution < 1.29 is 53.4 Å². The number of carbonyl (C=O) groups is 1. The Morgan fingerprint density at radius 2 is 1.56 bits per heavy atom. The van der Waals surface area contributed by atoms with Crippen LogP contribution in [0.15, 0.2) is 109 Å². The molecule has 0 spiro atoms. The highest BCUT2D eigenvalue weighted by Crippen LogP contribution is 2.49. The number of para-hydroxylation sites is 1. The van der Waals surface area contributed by atoms with Gasteiger partial charge in [-0.1, -0.05) is 54.6 Å². The monoisotopic (exact) mass is 677 g/mol. The third-order valence-corrected chi connectivity index (χ3v) is 9.61. The lowest BCUT2D eigenvalue weighted by Crippen LogP contribution is -2.55. The molecule has 2 heterocycles. The molecule has 2 aliphatic heterocycles. The summed E-state index contributed by atoms with van der Waals surface area (Å²) in [5.41, 5.74) is 2.86. The Morgan fingerprint density at radius 1 is 0.896 bits per heavy atom. The first-order valence-electron chi connectivity index (χ1n) is 15.1. The summed E-state index contributed by atoms with van der Waals surface area (Å²) in [6, 6.07) is 24.7. The van der Waals surface area contributed by atoms with Crippen LogP contribution in [0.2, 0.25) is 0 Å². The summed E-state index contributed by atoms with van der Waals surface area (Å²) in [6.45, 7) is 0. The quantitative estimate of drug-likeness (QED) is 0.102. The maximum atomic E-state index is 13.8. The molecule has 48 heavy (non-hydrogen) atoms. The van der Waals surface area contributed by atoms with Crippen LogP contribution in [0.4, 0.5) is 10.1 Å². The van der Waals surface area contributed by atoms with E-state index in [-0.39, 0.29) is 29.8 Å². The number of phenolic OH excluding ortho intramolecular Hbond substituents is 1. The molecule has 4 aromatic rings. The number of anilines is 1. The van der Waals surface area contributed by atoms with E-state index in [1.165, 1.54) is 42.5 Å². The molecule has 250 valence electrons. The first-order valence-corrected chi connectivity index (χ1v) is 16.7. The summed E-state index contributed by atoms with van der Waals surface area (Å²) < 4.78 is 36.7. The highest BCUT2D eigenvalue weighted by molar-refractivity contribution is 7.60. The SMILES string of the molecule is O=C1[C@H](CC[C@H](O[C@@H]2OC=C(O)C(O)C2O)c2ccc(F)cc2)[C@@H](c2ccc(-c3ccc(P(=O)(O)O)cc3)cc2O)N1c1ccccc1. The summed E-state index contributed by atoms with van der Waals surface area (Å²) >= 11 is 0. The van der Waals surface area contributed by atoms with Gasteiger partial charge >= 0.3 is 7.60 Å². The second-order valence-corrected chi connectivity index (χ2v) is 13.3. The van der Waals surface area contributed by atoms with Gasteiger partial charge in [-0.2, -0.15) is 0 Å². The summed E-state index contributed by atoms with van der Waals surface area (Å²) in [5, 5.41) is 41.5. The maximum absolute atomic E-state index is 13.8. The van der Waals surface area contributed by atoms with Crippen LogP contribution < -0.4 is 10.2 Å². The van der Waals surface area contributed by atoms with Gasteiger partial charge in [-0.15, -0.1) is 0 Å². The van der Waals surface area contributed by atoms with Crippen molar-refractivity contribution in [2.24, 2.45) is 5.92 Å². The molecule has 0 aromatic heterocycles. The number of benzene rings is 4. The Hall–Kier alpha value is -4.55. The summed E-state index contributed by atoms with van der Waals surface area (Å²) in [5.74, 6) is -1.94. The number of aliphatic hydroxyl groups excluding tert-OH is 3. The second-order valence-electron chi connectivity index (χ2n) is 11.7. The number of halogens is 1. The molecule has 1 fully saturated rings. The number of hydrogen-bond acceptors (Lipinski definition) is 8. The molecule has 0 saturated carbocycles. The molecular weight excluding hydrogens is 644 g/mol. The van der Waals surface area contributed by atoms with E-state index >= 15 is 0 Å². The third-order valence-electron chi connectivity index (χ3n) is 8.64. The smallest absolute Gasteiger partial charge is 0.356 e. The topological polar surface area (TPSA) is 177 Å². The van der Waals surface area contributed by atoms with E-state index in [1.54, 1.807) is 53.4 Å². The zero-order chi connectivity index (χ0) is 34.2. The Balaban J connectivity index is 1.28. The maximum Gasteiger partial charge on any atom is 0.356 e. The Labute approximate surface area is 274 Å². The fourth-order valence-corrected chi connectivity index (χ4v) is 6.63.